The molecule has 136 valence electrons. The lowest BCUT2D eigenvalue weighted by Crippen LogP contribution is -2.28. The van der Waals surface area contributed by atoms with Gasteiger partial charge in [0.1, 0.15) is 11.5 Å². The molecule has 1 saturated heterocycles. The number of rotatable bonds is 6. The van der Waals surface area contributed by atoms with Crippen LogP contribution in [0.4, 0.5) is 5.69 Å². The molecule has 2 aromatic carbocycles. The summed E-state index contributed by atoms with van der Waals surface area (Å²) >= 11 is 0. The van der Waals surface area contributed by atoms with Crippen molar-refractivity contribution < 1.29 is 19.1 Å². The molecule has 1 aliphatic rings. The van der Waals surface area contributed by atoms with Crippen molar-refractivity contribution in [2.24, 2.45) is 5.92 Å². The molecule has 6 nitrogen and oxygen atoms in total. The van der Waals surface area contributed by atoms with E-state index in [4.69, 9.17) is 9.47 Å². The summed E-state index contributed by atoms with van der Waals surface area (Å²) < 4.78 is 10.5. The third kappa shape index (κ3) is 3.96. The second-order valence-corrected chi connectivity index (χ2v) is 6.22. The van der Waals surface area contributed by atoms with E-state index in [1.165, 1.54) is 7.11 Å². The van der Waals surface area contributed by atoms with Gasteiger partial charge in [0, 0.05) is 25.6 Å². The third-order valence-electron chi connectivity index (χ3n) is 4.47. The van der Waals surface area contributed by atoms with Crippen LogP contribution in [0.2, 0.25) is 0 Å². The number of likely N-dealkylation sites (tertiary alicyclic amines) is 1. The van der Waals surface area contributed by atoms with E-state index in [9.17, 15) is 9.59 Å². The average molecular weight is 354 g/mol. The molecule has 0 radical (unpaired) electrons. The summed E-state index contributed by atoms with van der Waals surface area (Å²) in [5.74, 6) is 0.596. The Balaban J connectivity index is 1.65. The lowest BCUT2D eigenvalue weighted by atomic mass is 10.1. The molecule has 2 amide bonds. The van der Waals surface area contributed by atoms with E-state index in [1.54, 1.807) is 30.2 Å². The van der Waals surface area contributed by atoms with Crippen LogP contribution in [-0.2, 0) is 16.1 Å². The van der Waals surface area contributed by atoms with Crippen molar-refractivity contribution in [1.82, 2.24) is 4.90 Å². The monoisotopic (exact) mass is 354 g/mol. The Kier molecular flexibility index (Phi) is 5.41. The Bertz CT molecular complexity index is 792. The Morgan fingerprint density at radius 3 is 2.62 bits per heavy atom. The molecule has 0 aliphatic carbocycles. The molecular formula is C20H22N2O4. The lowest BCUT2D eigenvalue weighted by Gasteiger charge is -2.17. The van der Waals surface area contributed by atoms with Crippen molar-refractivity contribution in [2.75, 3.05) is 26.1 Å². The number of anilines is 1. The Labute approximate surface area is 152 Å². The number of nitrogens with zero attached hydrogens (tertiary/aromatic N) is 1. The quantitative estimate of drug-likeness (QED) is 0.866. The second-order valence-electron chi connectivity index (χ2n) is 6.22. The largest absolute Gasteiger partial charge is 0.497 e. The fourth-order valence-corrected chi connectivity index (χ4v) is 3.04. The van der Waals surface area contributed by atoms with Gasteiger partial charge in [-0.1, -0.05) is 30.3 Å². The Morgan fingerprint density at radius 1 is 1.15 bits per heavy atom. The molecule has 6 heteroatoms. The number of nitrogens with one attached hydrogen (secondary N) is 1. The van der Waals surface area contributed by atoms with Gasteiger partial charge in [-0.2, -0.15) is 0 Å². The van der Waals surface area contributed by atoms with E-state index in [2.05, 4.69) is 5.32 Å². The Hall–Kier alpha value is -3.02. The maximum absolute atomic E-state index is 12.6. The van der Waals surface area contributed by atoms with Crippen LogP contribution in [0, 0.1) is 5.92 Å². The molecule has 2 aromatic rings. The maximum atomic E-state index is 12.6. The molecular weight excluding hydrogens is 332 g/mol. The average Bonchev–Trinajstić information content (AvgIpc) is 3.03. The summed E-state index contributed by atoms with van der Waals surface area (Å²) in [6, 6.07) is 15.0. The number of hydrogen-bond acceptors (Lipinski definition) is 4. The van der Waals surface area contributed by atoms with Gasteiger partial charge in [0.05, 0.1) is 25.8 Å². The van der Waals surface area contributed by atoms with E-state index in [-0.39, 0.29) is 24.2 Å². The van der Waals surface area contributed by atoms with Gasteiger partial charge < -0.3 is 19.7 Å². The summed E-state index contributed by atoms with van der Waals surface area (Å²) in [6.45, 7) is 0.938. The number of carbonyl (C=O) groups excluding carboxylic acids is 2. The molecule has 26 heavy (non-hydrogen) atoms. The van der Waals surface area contributed by atoms with E-state index < -0.39 is 0 Å². The van der Waals surface area contributed by atoms with Crippen molar-refractivity contribution in [1.29, 1.82) is 0 Å². The first-order chi connectivity index (χ1) is 12.6. The van der Waals surface area contributed by atoms with Crippen molar-refractivity contribution in [3.63, 3.8) is 0 Å². The normalized spacial score (nSPS) is 16.5. The number of hydrogen-bond donors (Lipinski definition) is 1. The number of amides is 2. The van der Waals surface area contributed by atoms with Gasteiger partial charge >= 0.3 is 0 Å². The van der Waals surface area contributed by atoms with Gasteiger partial charge in [0.15, 0.2) is 0 Å². The predicted molar refractivity (Wildman–Crippen MR) is 98.1 cm³/mol. The van der Waals surface area contributed by atoms with Crippen molar-refractivity contribution >= 4 is 17.5 Å². The molecule has 0 aromatic heterocycles. The predicted octanol–water partition coefficient (Wildman–Crippen LogP) is 2.69. The van der Waals surface area contributed by atoms with E-state index in [0.717, 1.165) is 5.56 Å². The van der Waals surface area contributed by atoms with Crippen LogP contribution in [0.1, 0.15) is 12.0 Å². The molecule has 1 fully saturated rings. The van der Waals surface area contributed by atoms with Gasteiger partial charge in [0.25, 0.3) is 0 Å². The minimum absolute atomic E-state index is 0.00398. The Morgan fingerprint density at radius 2 is 1.92 bits per heavy atom. The first kappa shape index (κ1) is 17.8. The van der Waals surface area contributed by atoms with Gasteiger partial charge in [-0.3, -0.25) is 9.59 Å². The van der Waals surface area contributed by atoms with Crippen LogP contribution in [0.15, 0.2) is 48.5 Å². The minimum Gasteiger partial charge on any atom is -0.497 e. The molecule has 1 aliphatic heterocycles. The highest BCUT2D eigenvalue weighted by atomic mass is 16.5. The topological polar surface area (TPSA) is 67.9 Å². The highest BCUT2D eigenvalue weighted by Crippen LogP contribution is 2.30. The van der Waals surface area contributed by atoms with E-state index in [1.807, 2.05) is 30.3 Å². The van der Waals surface area contributed by atoms with Crippen LogP contribution in [0.3, 0.4) is 0 Å². The first-order valence-electron chi connectivity index (χ1n) is 8.45. The molecule has 0 spiro atoms. The van der Waals surface area contributed by atoms with Gasteiger partial charge in [-0.25, -0.2) is 0 Å². The lowest BCUT2D eigenvalue weighted by molar-refractivity contribution is -0.128. The van der Waals surface area contributed by atoms with Gasteiger partial charge in [0.2, 0.25) is 11.8 Å². The minimum atomic E-state index is -0.377. The van der Waals surface area contributed by atoms with Crippen LogP contribution < -0.4 is 14.8 Å². The van der Waals surface area contributed by atoms with Crippen molar-refractivity contribution in [2.45, 2.75) is 13.0 Å². The summed E-state index contributed by atoms with van der Waals surface area (Å²) in [6.07, 6.45) is 0.219. The third-order valence-corrected chi connectivity index (χ3v) is 4.47. The fourth-order valence-electron chi connectivity index (χ4n) is 3.04. The summed E-state index contributed by atoms with van der Waals surface area (Å²) in [5.41, 5.74) is 1.62. The van der Waals surface area contributed by atoms with E-state index >= 15 is 0 Å². The standard InChI is InChI=1S/C20H22N2O4/c1-25-16-8-9-17(18(11-16)26-2)21-20(24)15-10-19(23)22(13-15)12-14-6-4-3-5-7-14/h3-9,11,15H,10,12-13H2,1-2H3,(H,21,24)/t15-/m1/s1. The first-order valence-corrected chi connectivity index (χ1v) is 8.45. The van der Waals surface area contributed by atoms with Crippen LogP contribution in [-0.4, -0.2) is 37.5 Å². The highest BCUT2D eigenvalue weighted by Gasteiger charge is 2.34. The zero-order valence-corrected chi connectivity index (χ0v) is 14.9. The molecule has 0 saturated carbocycles. The van der Waals surface area contributed by atoms with Crippen molar-refractivity contribution in [3.8, 4) is 11.5 Å². The number of carbonyl (C=O) groups is 2. The zero-order chi connectivity index (χ0) is 18.5. The number of ether oxygens (including phenoxy) is 2. The molecule has 3 rings (SSSR count). The van der Waals surface area contributed by atoms with Crippen LogP contribution >= 0.6 is 0 Å². The molecule has 1 atom stereocenters. The summed E-state index contributed by atoms with van der Waals surface area (Å²) in [5, 5.41) is 2.86. The molecule has 0 unspecified atom stereocenters. The number of methoxy groups -OCH3 is 2. The van der Waals surface area contributed by atoms with Gasteiger partial charge in [-0.05, 0) is 17.7 Å². The summed E-state index contributed by atoms with van der Waals surface area (Å²) in [7, 11) is 3.10. The molecule has 1 heterocycles. The highest BCUT2D eigenvalue weighted by molar-refractivity contribution is 5.98. The fraction of sp³-hybridized carbons (Fsp3) is 0.300. The maximum Gasteiger partial charge on any atom is 0.229 e. The zero-order valence-electron chi connectivity index (χ0n) is 14.9. The second kappa shape index (κ2) is 7.91. The van der Waals surface area contributed by atoms with Crippen molar-refractivity contribution in [3.05, 3.63) is 54.1 Å². The van der Waals surface area contributed by atoms with Crippen LogP contribution in [0.25, 0.3) is 0 Å². The van der Waals surface area contributed by atoms with Crippen LogP contribution in [0.5, 0.6) is 11.5 Å². The summed E-state index contributed by atoms with van der Waals surface area (Å²) in [4.78, 5) is 26.6. The van der Waals surface area contributed by atoms with E-state index in [0.29, 0.717) is 30.3 Å². The molecule has 1 N–H and O–H groups in total. The van der Waals surface area contributed by atoms with Gasteiger partial charge in [-0.15, -0.1) is 0 Å². The smallest absolute Gasteiger partial charge is 0.229 e. The molecule has 0 bridgehead atoms. The SMILES string of the molecule is COc1ccc(NC(=O)[C@@H]2CC(=O)N(Cc3ccccc3)C2)c(OC)c1. The number of benzene rings is 2.